The summed E-state index contributed by atoms with van der Waals surface area (Å²) in [4.78, 5) is 9.93. The van der Waals surface area contributed by atoms with E-state index in [1.165, 1.54) is 0 Å². The molecule has 0 aliphatic heterocycles. The number of nitrogens with zero attached hydrogens (tertiary/aromatic N) is 6. The summed E-state index contributed by atoms with van der Waals surface area (Å²) < 4.78 is 40.8. The van der Waals surface area contributed by atoms with Crippen molar-refractivity contribution in [1.29, 1.82) is 15.8 Å². The maximum Gasteiger partial charge on any atom is 0.237 e. The fraction of sp³-hybridized carbons (Fsp3) is 0.786. The lowest BCUT2D eigenvalue weighted by Crippen LogP contribution is -2.46. The topological polar surface area (TPSA) is 149 Å². The van der Waals surface area contributed by atoms with Crippen molar-refractivity contribution in [1.82, 2.24) is 0 Å². The zero-order valence-electron chi connectivity index (χ0n) is 23.7. The minimum absolute atomic E-state index is 0.104. The second-order valence-electron chi connectivity index (χ2n) is 9.18. The van der Waals surface area contributed by atoms with Crippen molar-refractivity contribution < 1.29 is 33.2 Å². The molecule has 0 aliphatic rings. The minimum atomic E-state index is -0.813. The SMILES string of the molecule is [C-]#[N+]CCOCC(COCC[N+]#[C-])(COCC[N+]#[C-])COCC(COCCC#N)(COCCC#N)COCCC#N. The highest BCUT2D eigenvalue weighted by Crippen LogP contribution is 2.25. The van der Waals surface area contributed by atoms with Gasteiger partial charge in [-0.1, -0.05) is 0 Å². The molecule has 0 spiro atoms. The molecule has 0 aromatic carbocycles. The highest BCUT2D eigenvalue weighted by atomic mass is 16.5. The Labute approximate surface area is 243 Å². The maximum absolute atomic E-state index is 8.89. The molecule has 0 unspecified atom stereocenters. The molecule has 0 N–H and O–H groups in total. The molecule has 0 radical (unpaired) electrons. The molecule has 0 aromatic heterocycles. The molecule has 224 valence electrons. The van der Waals surface area contributed by atoms with Gasteiger partial charge in [-0.3, -0.25) is 0 Å². The van der Waals surface area contributed by atoms with Crippen LogP contribution >= 0.6 is 0 Å². The first kappa shape index (κ1) is 37.7. The van der Waals surface area contributed by atoms with Crippen LogP contribution in [0.2, 0.25) is 0 Å². The Hall–Kier alpha value is -3.34. The Bertz CT molecular complexity index is 739. The number of ether oxygens (including phenoxy) is 7. The molecule has 0 rings (SSSR count). The second kappa shape index (κ2) is 26.9. The van der Waals surface area contributed by atoms with Gasteiger partial charge < -0.3 is 47.7 Å². The van der Waals surface area contributed by atoms with Gasteiger partial charge in [-0.25, -0.2) is 19.7 Å². The van der Waals surface area contributed by atoms with E-state index in [0.717, 1.165) is 0 Å². The molecule has 0 saturated carbocycles. The molecule has 13 heteroatoms. The Balaban J connectivity index is 5.81. The van der Waals surface area contributed by atoms with Crippen molar-refractivity contribution >= 4 is 0 Å². The molecule has 0 fully saturated rings. The Morgan fingerprint density at radius 3 is 0.902 bits per heavy atom. The summed E-state index contributed by atoms with van der Waals surface area (Å²) in [5.41, 5.74) is -1.62. The fourth-order valence-electron chi connectivity index (χ4n) is 3.40. The van der Waals surface area contributed by atoms with E-state index in [0.29, 0.717) is 0 Å². The van der Waals surface area contributed by atoms with Crippen LogP contribution in [0.3, 0.4) is 0 Å². The van der Waals surface area contributed by atoms with Gasteiger partial charge in [0, 0.05) is 0 Å². The van der Waals surface area contributed by atoms with E-state index in [2.05, 4.69) is 14.5 Å². The minimum Gasteiger partial charge on any atom is -0.380 e. The summed E-state index contributed by atoms with van der Waals surface area (Å²) in [7, 11) is 0. The van der Waals surface area contributed by atoms with Crippen molar-refractivity contribution in [3.05, 3.63) is 34.3 Å². The quantitative estimate of drug-likeness (QED) is 0.101. The van der Waals surface area contributed by atoms with E-state index >= 15 is 0 Å². The van der Waals surface area contributed by atoms with Gasteiger partial charge in [-0.05, 0) is 0 Å². The van der Waals surface area contributed by atoms with E-state index in [9.17, 15) is 0 Å². The van der Waals surface area contributed by atoms with Crippen molar-refractivity contribution in [3.63, 3.8) is 0 Å². The lowest BCUT2D eigenvalue weighted by molar-refractivity contribution is -0.140. The molecule has 0 heterocycles. The van der Waals surface area contributed by atoms with Gasteiger partial charge in [-0.2, -0.15) is 15.8 Å². The Kier molecular flexibility index (Phi) is 24.7. The number of nitriles is 3. The van der Waals surface area contributed by atoms with Crippen LogP contribution in [-0.2, 0) is 33.2 Å². The number of hydrogen-bond acceptors (Lipinski definition) is 10. The smallest absolute Gasteiger partial charge is 0.237 e. The zero-order chi connectivity index (χ0) is 30.3. The van der Waals surface area contributed by atoms with Crippen LogP contribution in [0.1, 0.15) is 19.3 Å². The van der Waals surface area contributed by atoms with Gasteiger partial charge in [0.25, 0.3) is 0 Å². The maximum atomic E-state index is 8.89. The van der Waals surface area contributed by atoms with Crippen LogP contribution in [0, 0.1) is 64.5 Å². The average Bonchev–Trinajstić information content (AvgIpc) is 2.98. The van der Waals surface area contributed by atoms with E-state index in [-0.39, 0.29) is 131 Å². The highest BCUT2D eigenvalue weighted by molar-refractivity contribution is 4.84. The summed E-state index contributed by atoms with van der Waals surface area (Å²) in [5, 5.41) is 26.7. The normalized spacial score (nSPS) is 11.0. The summed E-state index contributed by atoms with van der Waals surface area (Å²) in [6.07, 6.45) is 0.614. The summed E-state index contributed by atoms with van der Waals surface area (Å²) in [5.74, 6) is 0. The molecule has 0 aliphatic carbocycles. The third-order valence-corrected chi connectivity index (χ3v) is 5.38. The van der Waals surface area contributed by atoms with E-state index in [1.807, 2.05) is 18.2 Å². The molecule has 0 atom stereocenters. The van der Waals surface area contributed by atoms with Crippen molar-refractivity contribution in [2.24, 2.45) is 10.8 Å². The molecule has 0 saturated heterocycles. The molecular formula is C28H40N6O7. The first-order valence-electron chi connectivity index (χ1n) is 13.2. The molecule has 0 bridgehead atoms. The lowest BCUT2D eigenvalue weighted by atomic mass is 9.90. The predicted molar refractivity (Wildman–Crippen MR) is 146 cm³/mol. The van der Waals surface area contributed by atoms with E-state index in [4.69, 9.17) is 68.7 Å². The highest BCUT2D eigenvalue weighted by Gasteiger charge is 2.37. The van der Waals surface area contributed by atoms with E-state index < -0.39 is 10.8 Å². The van der Waals surface area contributed by atoms with Gasteiger partial charge in [-0.15, -0.1) is 0 Å². The van der Waals surface area contributed by atoms with Crippen LogP contribution in [-0.4, -0.2) is 112 Å². The van der Waals surface area contributed by atoms with Gasteiger partial charge in [0.1, 0.15) is 19.8 Å². The van der Waals surface area contributed by atoms with Crippen LogP contribution in [0.4, 0.5) is 0 Å². The van der Waals surface area contributed by atoms with Crippen LogP contribution < -0.4 is 0 Å². The predicted octanol–water partition coefficient (Wildman–Crippen LogP) is 2.57. The molecule has 13 nitrogen and oxygen atoms in total. The first-order valence-corrected chi connectivity index (χ1v) is 13.2. The van der Waals surface area contributed by atoms with Crippen molar-refractivity contribution in [2.45, 2.75) is 19.3 Å². The Morgan fingerprint density at radius 1 is 0.415 bits per heavy atom. The number of rotatable bonds is 28. The zero-order valence-corrected chi connectivity index (χ0v) is 23.7. The third-order valence-electron chi connectivity index (χ3n) is 5.38. The van der Waals surface area contributed by atoms with Gasteiger partial charge >= 0.3 is 0 Å². The summed E-state index contributed by atoms with van der Waals surface area (Å²) >= 11 is 0. The summed E-state index contributed by atoms with van der Waals surface area (Å²) in [6, 6.07) is 6.10. The molecule has 0 amide bonds. The van der Waals surface area contributed by atoms with Gasteiger partial charge in [0.2, 0.25) is 19.6 Å². The van der Waals surface area contributed by atoms with Crippen LogP contribution in [0.5, 0.6) is 0 Å². The fourth-order valence-corrected chi connectivity index (χ4v) is 3.40. The Morgan fingerprint density at radius 2 is 0.659 bits per heavy atom. The van der Waals surface area contributed by atoms with Gasteiger partial charge in [0.05, 0.1) is 121 Å². The average molecular weight is 573 g/mol. The van der Waals surface area contributed by atoms with Crippen molar-refractivity contribution in [2.75, 3.05) is 112 Å². The van der Waals surface area contributed by atoms with Crippen molar-refractivity contribution in [3.8, 4) is 18.2 Å². The largest absolute Gasteiger partial charge is 0.380 e. The second-order valence-corrected chi connectivity index (χ2v) is 9.18. The molecular weight excluding hydrogens is 532 g/mol. The number of hydrogen-bond donors (Lipinski definition) is 0. The lowest BCUT2D eigenvalue weighted by Gasteiger charge is -2.36. The molecule has 0 aromatic rings. The standard InChI is InChI=1S/C28H40N6O7/c1-32-10-16-38-22-28(23-39-17-11-33-2,24-40-18-12-34-3)26-41-25-27(19-35-13-4-7-29,20-36-14-5-8-30)21-37-15-6-9-31/h4-6,10-26H2. The third kappa shape index (κ3) is 20.2. The van der Waals surface area contributed by atoms with E-state index in [1.54, 1.807) is 0 Å². The van der Waals surface area contributed by atoms with Gasteiger partial charge in [0.15, 0.2) is 0 Å². The van der Waals surface area contributed by atoms with Crippen LogP contribution in [0.15, 0.2) is 0 Å². The first-order chi connectivity index (χ1) is 20.1. The monoisotopic (exact) mass is 572 g/mol. The molecule has 41 heavy (non-hydrogen) atoms. The summed E-state index contributed by atoms with van der Waals surface area (Å²) in [6.45, 7) is 23.9. The van der Waals surface area contributed by atoms with Crippen LogP contribution in [0.25, 0.3) is 14.5 Å².